The summed E-state index contributed by atoms with van der Waals surface area (Å²) in [6.07, 6.45) is 4.40. The summed E-state index contributed by atoms with van der Waals surface area (Å²) in [7, 11) is 1.62. The number of hydrogen-bond donors (Lipinski definition) is 1. The van der Waals surface area contributed by atoms with E-state index < -0.39 is 0 Å². The Balaban J connectivity index is 1.97. The quantitative estimate of drug-likeness (QED) is 0.862. The largest absolute Gasteiger partial charge is 0.497 e. The SMILES string of the molecule is COc1ccc2[nH]cc(C(=O)C3CCCCO3)c2c1. The second-order valence-electron chi connectivity index (χ2n) is 4.83. The topological polar surface area (TPSA) is 51.3 Å². The van der Waals surface area contributed by atoms with Crippen molar-refractivity contribution in [3.05, 3.63) is 30.0 Å². The Kier molecular flexibility index (Phi) is 3.25. The van der Waals surface area contributed by atoms with E-state index in [0.29, 0.717) is 12.2 Å². The highest BCUT2D eigenvalue weighted by Crippen LogP contribution is 2.26. The molecule has 2 heterocycles. The molecule has 4 nitrogen and oxygen atoms in total. The van der Waals surface area contributed by atoms with Gasteiger partial charge >= 0.3 is 0 Å². The molecule has 0 amide bonds. The van der Waals surface area contributed by atoms with Gasteiger partial charge in [0.15, 0.2) is 5.78 Å². The molecule has 1 unspecified atom stereocenters. The third kappa shape index (κ3) is 2.24. The lowest BCUT2D eigenvalue weighted by molar-refractivity contribution is 0.0188. The van der Waals surface area contributed by atoms with Gasteiger partial charge in [-0.3, -0.25) is 4.79 Å². The number of carbonyl (C=O) groups excluding carboxylic acids is 1. The third-order valence-corrected chi connectivity index (χ3v) is 3.63. The fourth-order valence-corrected chi connectivity index (χ4v) is 2.55. The van der Waals surface area contributed by atoms with E-state index in [9.17, 15) is 4.79 Å². The zero-order valence-corrected chi connectivity index (χ0v) is 10.9. The molecule has 0 spiro atoms. The molecule has 1 aliphatic heterocycles. The van der Waals surface area contributed by atoms with Gasteiger partial charge in [-0.1, -0.05) is 0 Å². The van der Waals surface area contributed by atoms with Crippen molar-refractivity contribution >= 4 is 16.7 Å². The Labute approximate surface area is 111 Å². The molecule has 1 atom stereocenters. The number of benzene rings is 1. The van der Waals surface area contributed by atoms with E-state index in [2.05, 4.69) is 4.98 Å². The first-order valence-electron chi connectivity index (χ1n) is 6.60. The first kappa shape index (κ1) is 12.2. The number of ether oxygens (including phenoxy) is 2. The highest BCUT2D eigenvalue weighted by atomic mass is 16.5. The van der Waals surface area contributed by atoms with E-state index in [-0.39, 0.29) is 11.9 Å². The van der Waals surface area contributed by atoms with Crippen molar-refractivity contribution < 1.29 is 14.3 Å². The average molecular weight is 259 g/mol. The first-order valence-corrected chi connectivity index (χ1v) is 6.60. The summed E-state index contributed by atoms with van der Waals surface area (Å²) in [4.78, 5) is 15.6. The predicted octanol–water partition coefficient (Wildman–Crippen LogP) is 2.93. The van der Waals surface area contributed by atoms with Crippen LogP contribution in [0.5, 0.6) is 5.75 Å². The number of ketones is 1. The highest BCUT2D eigenvalue weighted by molar-refractivity contribution is 6.10. The van der Waals surface area contributed by atoms with E-state index in [1.54, 1.807) is 13.3 Å². The van der Waals surface area contributed by atoms with Crippen LogP contribution in [-0.2, 0) is 4.74 Å². The lowest BCUT2D eigenvalue weighted by Gasteiger charge is -2.21. The molecule has 100 valence electrons. The summed E-state index contributed by atoms with van der Waals surface area (Å²) in [6, 6.07) is 5.69. The lowest BCUT2D eigenvalue weighted by Crippen LogP contribution is -2.28. The van der Waals surface area contributed by atoms with Crippen molar-refractivity contribution in [3.8, 4) is 5.75 Å². The van der Waals surface area contributed by atoms with Crippen LogP contribution in [0.25, 0.3) is 10.9 Å². The number of fused-ring (bicyclic) bond motifs is 1. The molecule has 1 aromatic carbocycles. The van der Waals surface area contributed by atoms with Crippen LogP contribution in [0, 0.1) is 0 Å². The average Bonchev–Trinajstić information content (AvgIpc) is 2.90. The molecule has 4 heteroatoms. The minimum atomic E-state index is -0.293. The molecule has 3 rings (SSSR count). The van der Waals surface area contributed by atoms with Crippen LogP contribution in [0.15, 0.2) is 24.4 Å². The Bertz CT molecular complexity index is 596. The summed E-state index contributed by atoms with van der Waals surface area (Å²) in [6.45, 7) is 0.683. The van der Waals surface area contributed by atoms with Gasteiger partial charge in [0.05, 0.1) is 7.11 Å². The molecule has 0 saturated carbocycles. The van der Waals surface area contributed by atoms with Gasteiger partial charge in [0.1, 0.15) is 11.9 Å². The minimum Gasteiger partial charge on any atom is -0.497 e. The molecular weight excluding hydrogens is 242 g/mol. The number of aromatic nitrogens is 1. The van der Waals surface area contributed by atoms with Crippen molar-refractivity contribution in [2.45, 2.75) is 25.4 Å². The van der Waals surface area contributed by atoms with E-state index >= 15 is 0 Å². The minimum absolute atomic E-state index is 0.0687. The zero-order valence-electron chi connectivity index (χ0n) is 10.9. The Morgan fingerprint density at radius 2 is 2.32 bits per heavy atom. The van der Waals surface area contributed by atoms with E-state index in [4.69, 9.17) is 9.47 Å². The maximum absolute atomic E-state index is 12.5. The summed E-state index contributed by atoms with van der Waals surface area (Å²) >= 11 is 0. The van der Waals surface area contributed by atoms with Crippen LogP contribution in [0.3, 0.4) is 0 Å². The molecule has 1 aliphatic rings. The van der Waals surface area contributed by atoms with E-state index in [1.807, 2.05) is 18.2 Å². The monoisotopic (exact) mass is 259 g/mol. The number of nitrogens with one attached hydrogen (secondary N) is 1. The summed E-state index contributed by atoms with van der Waals surface area (Å²) < 4.78 is 10.8. The maximum Gasteiger partial charge on any atom is 0.193 e. The normalized spacial score (nSPS) is 19.5. The first-order chi connectivity index (χ1) is 9.29. The van der Waals surface area contributed by atoms with Gasteiger partial charge in [0.2, 0.25) is 0 Å². The Morgan fingerprint density at radius 1 is 1.42 bits per heavy atom. The third-order valence-electron chi connectivity index (χ3n) is 3.63. The fourth-order valence-electron chi connectivity index (χ4n) is 2.55. The molecule has 1 saturated heterocycles. The van der Waals surface area contributed by atoms with Crippen LogP contribution in [0.1, 0.15) is 29.6 Å². The fraction of sp³-hybridized carbons (Fsp3) is 0.400. The van der Waals surface area contributed by atoms with Crippen molar-refractivity contribution in [1.82, 2.24) is 4.98 Å². The van der Waals surface area contributed by atoms with Crippen molar-refractivity contribution in [3.63, 3.8) is 0 Å². The van der Waals surface area contributed by atoms with Crippen molar-refractivity contribution in [2.75, 3.05) is 13.7 Å². The number of carbonyl (C=O) groups is 1. The van der Waals surface area contributed by atoms with Gasteiger partial charge in [-0.2, -0.15) is 0 Å². The molecule has 0 aliphatic carbocycles. The number of aromatic amines is 1. The van der Waals surface area contributed by atoms with E-state index in [1.165, 1.54) is 0 Å². The summed E-state index contributed by atoms with van der Waals surface area (Å²) in [5, 5.41) is 0.901. The van der Waals surface area contributed by atoms with Gasteiger partial charge in [-0.15, -0.1) is 0 Å². The Morgan fingerprint density at radius 3 is 3.05 bits per heavy atom. The lowest BCUT2D eigenvalue weighted by atomic mass is 9.99. The van der Waals surface area contributed by atoms with Crippen LogP contribution in [-0.4, -0.2) is 30.6 Å². The standard InChI is InChI=1S/C15H17NO3/c1-18-10-5-6-13-11(8-10)12(9-16-13)15(17)14-4-2-3-7-19-14/h5-6,8-9,14,16H,2-4,7H2,1H3. The van der Waals surface area contributed by atoms with Crippen molar-refractivity contribution in [2.24, 2.45) is 0 Å². The van der Waals surface area contributed by atoms with Gasteiger partial charge in [0.25, 0.3) is 0 Å². The zero-order chi connectivity index (χ0) is 13.2. The number of H-pyrrole nitrogens is 1. The molecule has 1 fully saturated rings. The number of methoxy groups -OCH3 is 1. The smallest absolute Gasteiger partial charge is 0.193 e. The van der Waals surface area contributed by atoms with Crippen LogP contribution < -0.4 is 4.74 Å². The second-order valence-corrected chi connectivity index (χ2v) is 4.83. The summed E-state index contributed by atoms with van der Waals surface area (Å²) in [5.41, 5.74) is 1.64. The summed E-state index contributed by atoms with van der Waals surface area (Å²) in [5.74, 6) is 0.824. The highest BCUT2D eigenvalue weighted by Gasteiger charge is 2.25. The Hall–Kier alpha value is -1.81. The maximum atomic E-state index is 12.5. The van der Waals surface area contributed by atoms with Gasteiger partial charge in [-0.25, -0.2) is 0 Å². The van der Waals surface area contributed by atoms with Crippen LogP contribution >= 0.6 is 0 Å². The molecule has 1 N–H and O–H groups in total. The number of hydrogen-bond acceptors (Lipinski definition) is 3. The number of rotatable bonds is 3. The van der Waals surface area contributed by atoms with Gasteiger partial charge < -0.3 is 14.5 Å². The van der Waals surface area contributed by atoms with Crippen LogP contribution in [0.2, 0.25) is 0 Å². The van der Waals surface area contributed by atoms with Gasteiger partial charge in [0, 0.05) is 29.3 Å². The molecule has 0 bridgehead atoms. The van der Waals surface area contributed by atoms with Crippen LogP contribution in [0.4, 0.5) is 0 Å². The second kappa shape index (κ2) is 5.05. The predicted molar refractivity (Wildman–Crippen MR) is 72.8 cm³/mol. The molecular formula is C15H17NO3. The molecule has 1 aromatic heterocycles. The molecule has 19 heavy (non-hydrogen) atoms. The van der Waals surface area contributed by atoms with Gasteiger partial charge in [-0.05, 0) is 37.5 Å². The van der Waals surface area contributed by atoms with Crippen molar-refractivity contribution in [1.29, 1.82) is 0 Å². The molecule has 2 aromatic rings. The number of Topliss-reactive ketones (excluding diaryl/α,β-unsaturated/α-hetero) is 1. The molecule has 0 radical (unpaired) electrons. The van der Waals surface area contributed by atoms with E-state index in [0.717, 1.165) is 35.9 Å².